The first-order valence-corrected chi connectivity index (χ1v) is 8.30. The number of nitrogens with zero attached hydrogens (tertiary/aromatic N) is 2. The summed E-state index contributed by atoms with van der Waals surface area (Å²) in [6.07, 6.45) is 1.54. The molecule has 1 saturated heterocycles. The summed E-state index contributed by atoms with van der Waals surface area (Å²) in [7, 11) is 1.56. The maximum absolute atomic E-state index is 13.0. The van der Waals surface area contributed by atoms with Crippen LogP contribution < -0.4 is 14.4 Å². The Kier molecular flexibility index (Phi) is 3.93. The fourth-order valence-electron chi connectivity index (χ4n) is 2.81. The standard InChI is InChI=1S/C19H14N2O4S/c1-20-17(22)14(9-12-7-8-15-16(10-12)25-11-24-15)18(23)21(19(20)26)13-5-3-2-4-6-13/h2-10H,11H2,1H3/b14-9-. The number of benzene rings is 2. The molecule has 0 bridgehead atoms. The SMILES string of the molecule is CN1C(=O)/C(=C/c2ccc3c(c2)OCO3)C(=O)N(c2ccccc2)C1=S. The van der Waals surface area contributed by atoms with Gasteiger partial charge in [0.2, 0.25) is 6.79 Å². The van der Waals surface area contributed by atoms with Gasteiger partial charge in [0.05, 0.1) is 5.69 Å². The summed E-state index contributed by atoms with van der Waals surface area (Å²) in [4.78, 5) is 28.3. The van der Waals surface area contributed by atoms with Gasteiger partial charge in [-0.3, -0.25) is 19.4 Å². The molecule has 7 heteroatoms. The molecule has 26 heavy (non-hydrogen) atoms. The van der Waals surface area contributed by atoms with E-state index in [4.69, 9.17) is 21.7 Å². The number of fused-ring (bicyclic) bond motifs is 1. The molecule has 2 aromatic carbocycles. The van der Waals surface area contributed by atoms with Crippen LogP contribution in [0.5, 0.6) is 11.5 Å². The molecule has 1 fully saturated rings. The predicted octanol–water partition coefficient (Wildman–Crippen LogP) is 2.59. The Morgan fingerprint density at radius 3 is 2.50 bits per heavy atom. The second-order valence-corrected chi connectivity index (χ2v) is 6.16. The van der Waals surface area contributed by atoms with E-state index in [0.29, 0.717) is 22.7 Å². The highest BCUT2D eigenvalue weighted by atomic mass is 32.1. The monoisotopic (exact) mass is 366 g/mol. The number of hydrogen-bond donors (Lipinski definition) is 0. The average Bonchev–Trinajstić information content (AvgIpc) is 3.12. The van der Waals surface area contributed by atoms with E-state index in [9.17, 15) is 9.59 Å². The minimum atomic E-state index is -0.457. The summed E-state index contributed by atoms with van der Waals surface area (Å²) in [6, 6.07) is 14.2. The van der Waals surface area contributed by atoms with Crippen molar-refractivity contribution in [2.45, 2.75) is 0 Å². The Labute approximate surface area is 155 Å². The number of ether oxygens (including phenoxy) is 2. The van der Waals surface area contributed by atoms with E-state index >= 15 is 0 Å². The maximum Gasteiger partial charge on any atom is 0.270 e. The van der Waals surface area contributed by atoms with Crippen molar-refractivity contribution in [3.05, 3.63) is 59.7 Å². The average molecular weight is 366 g/mol. The summed E-state index contributed by atoms with van der Waals surface area (Å²) in [6.45, 7) is 0.159. The molecule has 2 aromatic rings. The molecule has 2 aliphatic rings. The van der Waals surface area contributed by atoms with Gasteiger partial charge in [-0.25, -0.2) is 0 Å². The number of thiocarbonyl (C=S) groups is 1. The normalized spacial score (nSPS) is 18.0. The number of carbonyl (C=O) groups is 2. The van der Waals surface area contributed by atoms with Gasteiger partial charge in [-0.05, 0) is 48.1 Å². The van der Waals surface area contributed by atoms with Crippen LogP contribution in [-0.2, 0) is 9.59 Å². The molecule has 0 atom stereocenters. The van der Waals surface area contributed by atoms with E-state index in [2.05, 4.69) is 0 Å². The van der Waals surface area contributed by atoms with Gasteiger partial charge in [-0.2, -0.15) is 0 Å². The lowest BCUT2D eigenvalue weighted by Gasteiger charge is -2.34. The highest BCUT2D eigenvalue weighted by molar-refractivity contribution is 7.80. The predicted molar refractivity (Wildman–Crippen MR) is 99.8 cm³/mol. The molecule has 6 nitrogen and oxygen atoms in total. The van der Waals surface area contributed by atoms with Gasteiger partial charge in [0, 0.05) is 7.05 Å². The van der Waals surface area contributed by atoms with Gasteiger partial charge in [0.25, 0.3) is 11.8 Å². The third kappa shape index (κ3) is 2.62. The van der Waals surface area contributed by atoms with E-state index in [1.165, 1.54) is 9.80 Å². The van der Waals surface area contributed by atoms with Gasteiger partial charge in [-0.15, -0.1) is 0 Å². The summed E-state index contributed by atoms with van der Waals surface area (Å²) in [5.74, 6) is 0.323. The van der Waals surface area contributed by atoms with Gasteiger partial charge in [0.15, 0.2) is 16.6 Å². The molecule has 0 unspecified atom stereocenters. The lowest BCUT2D eigenvalue weighted by molar-refractivity contribution is -0.127. The topological polar surface area (TPSA) is 59.1 Å². The van der Waals surface area contributed by atoms with Crippen LogP contribution in [0.4, 0.5) is 5.69 Å². The smallest absolute Gasteiger partial charge is 0.270 e. The highest BCUT2D eigenvalue weighted by Gasteiger charge is 2.38. The molecule has 4 rings (SSSR count). The van der Waals surface area contributed by atoms with Crippen LogP contribution in [-0.4, -0.2) is 35.7 Å². The highest BCUT2D eigenvalue weighted by Crippen LogP contribution is 2.33. The number of rotatable bonds is 2. The third-order valence-electron chi connectivity index (χ3n) is 4.17. The molecule has 130 valence electrons. The Bertz CT molecular complexity index is 955. The first kappa shape index (κ1) is 16.3. The second kappa shape index (κ2) is 6.27. The largest absolute Gasteiger partial charge is 0.454 e. The van der Waals surface area contributed by atoms with Crippen molar-refractivity contribution in [3.63, 3.8) is 0 Å². The molecular formula is C19H14N2O4S. The molecule has 0 radical (unpaired) electrons. The van der Waals surface area contributed by atoms with E-state index in [1.54, 1.807) is 43.5 Å². The minimum Gasteiger partial charge on any atom is -0.454 e. The minimum absolute atomic E-state index is 0.0313. The number of hydrogen-bond acceptors (Lipinski definition) is 5. The van der Waals surface area contributed by atoms with Crippen LogP contribution in [0, 0.1) is 0 Å². The van der Waals surface area contributed by atoms with Crippen molar-refractivity contribution in [1.29, 1.82) is 0 Å². The molecule has 0 aliphatic carbocycles. The number of para-hydroxylation sites is 1. The van der Waals surface area contributed by atoms with Crippen LogP contribution in [0.25, 0.3) is 6.08 Å². The van der Waals surface area contributed by atoms with Gasteiger partial charge >= 0.3 is 0 Å². The van der Waals surface area contributed by atoms with Crippen LogP contribution in [0.1, 0.15) is 5.56 Å². The number of anilines is 1. The van der Waals surface area contributed by atoms with Crippen molar-refractivity contribution in [3.8, 4) is 11.5 Å². The zero-order chi connectivity index (χ0) is 18.3. The first-order valence-electron chi connectivity index (χ1n) is 7.89. The number of amides is 2. The Morgan fingerprint density at radius 2 is 1.73 bits per heavy atom. The van der Waals surface area contributed by atoms with E-state index < -0.39 is 11.8 Å². The fraction of sp³-hybridized carbons (Fsp3) is 0.105. The van der Waals surface area contributed by atoms with Crippen LogP contribution in [0.15, 0.2) is 54.1 Å². The van der Waals surface area contributed by atoms with Gasteiger partial charge in [-0.1, -0.05) is 24.3 Å². The van der Waals surface area contributed by atoms with Crippen molar-refractivity contribution in [2.24, 2.45) is 0 Å². The van der Waals surface area contributed by atoms with Crippen LogP contribution in [0.2, 0.25) is 0 Å². The van der Waals surface area contributed by atoms with E-state index in [0.717, 1.165) is 0 Å². The molecule has 2 heterocycles. The summed E-state index contributed by atoms with van der Waals surface area (Å²) < 4.78 is 10.6. The van der Waals surface area contributed by atoms with Crippen LogP contribution >= 0.6 is 12.2 Å². The summed E-state index contributed by atoms with van der Waals surface area (Å²) in [5.41, 5.74) is 1.31. The van der Waals surface area contributed by atoms with Crippen molar-refractivity contribution in [1.82, 2.24) is 4.90 Å². The van der Waals surface area contributed by atoms with E-state index in [1.807, 2.05) is 18.2 Å². The number of likely N-dealkylation sites (N-methyl/N-ethyl adjacent to an activating group) is 1. The number of carbonyl (C=O) groups excluding carboxylic acids is 2. The molecule has 0 N–H and O–H groups in total. The molecule has 2 amide bonds. The zero-order valence-electron chi connectivity index (χ0n) is 13.8. The zero-order valence-corrected chi connectivity index (χ0v) is 14.7. The van der Waals surface area contributed by atoms with Crippen LogP contribution in [0.3, 0.4) is 0 Å². The summed E-state index contributed by atoms with van der Waals surface area (Å²) in [5, 5.41) is 0.147. The van der Waals surface area contributed by atoms with E-state index in [-0.39, 0.29) is 17.5 Å². The Balaban J connectivity index is 1.76. The fourth-order valence-corrected chi connectivity index (χ4v) is 3.09. The van der Waals surface area contributed by atoms with Crippen molar-refractivity contribution < 1.29 is 19.1 Å². The summed E-state index contributed by atoms with van der Waals surface area (Å²) >= 11 is 5.31. The van der Waals surface area contributed by atoms with Crippen molar-refractivity contribution >= 4 is 40.9 Å². The lowest BCUT2D eigenvalue weighted by atomic mass is 10.1. The second-order valence-electron chi connectivity index (χ2n) is 5.79. The molecule has 0 aromatic heterocycles. The molecule has 2 aliphatic heterocycles. The third-order valence-corrected chi connectivity index (χ3v) is 4.63. The molecule has 0 spiro atoms. The Hall–Kier alpha value is -3.19. The Morgan fingerprint density at radius 1 is 1.00 bits per heavy atom. The van der Waals surface area contributed by atoms with Gasteiger partial charge < -0.3 is 9.47 Å². The quantitative estimate of drug-likeness (QED) is 0.465. The molecular weight excluding hydrogens is 352 g/mol. The maximum atomic E-state index is 13.0. The first-order chi connectivity index (χ1) is 12.6. The lowest BCUT2D eigenvalue weighted by Crippen LogP contribution is -2.54. The van der Waals surface area contributed by atoms with Gasteiger partial charge in [0.1, 0.15) is 5.57 Å². The van der Waals surface area contributed by atoms with Crippen molar-refractivity contribution in [2.75, 3.05) is 18.7 Å². The molecule has 0 saturated carbocycles.